The van der Waals surface area contributed by atoms with E-state index in [-0.39, 0.29) is 35.2 Å². The fourth-order valence-electron chi connectivity index (χ4n) is 2.83. The highest BCUT2D eigenvalue weighted by Crippen LogP contribution is 2.28. The van der Waals surface area contributed by atoms with Gasteiger partial charge >= 0.3 is 0 Å². The topological polar surface area (TPSA) is 83.7 Å². The number of amides is 1. The number of sulfonamides is 1. The fourth-order valence-corrected chi connectivity index (χ4v) is 4.04. The zero-order chi connectivity index (χ0) is 18.1. The van der Waals surface area contributed by atoms with Crippen molar-refractivity contribution in [2.45, 2.75) is 32.1 Å². The Labute approximate surface area is 156 Å². The maximum Gasteiger partial charge on any atom is 0.243 e. The van der Waals surface area contributed by atoms with Gasteiger partial charge in [-0.1, -0.05) is 13.0 Å². The largest absolute Gasteiger partial charge is 0.341 e. The summed E-state index contributed by atoms with van der Waals surface area (Å²) in [6.45, 7) is 7.43. The normalized spacial score (nSPS) is 20.6. The molecule has 0 radical (unpaired) electrons. The van der Waals surface area contributed by atoms with Crippen LogP contribution in [0.25, 0.3) is 0 Å². The first-order valence-electron chi connectivity index (χ1n) is 8.10. The molecule has 1 fully saturated rings. The molecule has 2 rings (SSSR count). The van der Waals surface area contributed by atoms with Crippen LogP contribution in [0.1, 0.15) is 24.5 Å². The van der Waals surface area contributed by atoms with E-state index in [9.17, 15) is 13.2 Å². The number of likely N-dealkylation sites (tertiary alicyclic amines) is 1. The van der Waals surface area contributed by atoms with E-state index in [1.807, 2.05) is 13.8 Å². The van der Waals surface area contributed by atoms with Crippen molar-refractivity contribution >= 4 is 28.3 Å². The van der Waals surface area contributed by atoms with Crippen LogP contribution < -0.4 is 5.73 Å². The first-order valence-corrected chi connectivity index (χ1v) is 9.54. The second-order valence-corrected chi connectivity index (χ2v) is 9.13. The number of nitrogens with two attached hydrogens (primary N) is 1. The predicted molar refractivity (Wildman–Crippen MR) is 101 cm³/mol. The summed E-state index contributed by atoms with van der Waals surface area (Å²) < 4.78 is 26.5. The molecule has 1 aromatic carbocycles. The lowest BCUT2D eigenvalue weighted by atomic mass is 9.90. The van der Waals surface area contributed by atoms with Crippen molar-refractivity contribution in [3.63, 3.8) is 0 Å². The van der Waals surface area contributed by atoms with Crippen LogP contribution in [0.2, 0.25) is 0 Å². The van der Waals surface area contributed by atoms with Crippen LogP contribution in [0.15, 0.2) is 23.1 Å². The van der Waals surface area contributed by atoms with Crippen molar-refractivity contribution in [3.05, 3.63) is 29.3 Å². The molecule has 2 N–H and O–H groups in total. The number of hydrogen-bond acceptors (Lipinski definition) is 4. The molecule has 25 heavy (non-hydrogen) atoms. The molecular formula is C17H28ClN3O3S. The van der Waals surface area contributed by atoms with Crippen LogP contribution in [0.5, 0.6) is 0 Å². The Kier molecular flexibility index (Phi) is 7.03. The molecule has 1 aliphatic rings. The minimum absolute atomic E-state index is 0. The second kappa shape index (κ2) is 8.03. The second-order valence-electron chi connectivity index (χ2n) is 7.09. The van der Waals surface area contributed by atoms with Crippen LogP contribution in [0.3, 0.4) is 0 Å². The van der Waals surface area contributed by atoms with Gasteiger partial charge in [0, 0.05) is 20.1 Å². The highest BCUT2D eigenvalue weighted by Gasteiger charge is 2.36. The van der Waals surface area contributed by atoms with Crippen LogP contribution in [-0.4, -0.2) is 56.8 Å². The lowest BCUT2D eigenvalue weighted by Crippen LogP contribution is -2.41. The molecule has 0 aromatic heterocycles. The Morgan fingerprint density at radius 1 is 1.32 bits per heavy atom. The highest BCUT2D eigenvalue weighted by atomic mass is 35.5. The van der Waals surface area contributed by atoms with E-state index < -0.39 is 10.0 Å². The summed E-state index contributed by atoms with van der Waals surface area (Å²) in [6, 6.07) is 5.01. The zero-order valence-electron chi connectivity index (χ0n) is 15.3. The van der Waals surface area contributed by atoms with E-state index in [2.05, 4.69) is 6.92 Å². The lowest BCUT2D eigenvalue weighted by molar-refractivity contribution is -0.130. The van der Waals surface area contributed by atoms with Gasteiger partial charge in [-0.3, -0.25) is 4.79 Å². The van der Waals surface area contributed by atoms with E-state index in [1.165, 1.54) is 7.05 Å². The molecule has 1 aromatic rings. The molecule has 0 spiro atoms. The third-order valence-electron chi connectivity index (χ3n) is 4.95. The molecule has 142 valence electrons. The number of nitrogens with zero attached hydrogens (tertiary/aromatic N) is 2. The summed E-state index contributed by atoms with van der Waals surface area (Å²) in [5.74, 6) is -0.179. The Bertz CT molecular complexity index is 739. The number of hydrogen-bond donors (Lipinski definition) is 1. The molecule has 1 unspecified atom stereocenters. The molecule has 0 bridgehead atoms. The third kappa shape index (κ3) is 4.73. The van der Waals surface area contributed by atoms with E-state index in [4.69, 9.17) is 5.73 Å². The highest BCUT2D eigenvalue weighted by molar-refractivity contribution is 7.89. The van der Waals surface area contributed by atoms with Crippen molar-refractivity contribution in [1.82, 2.24) is 9.21 Å². The molecule has 1 amide bonds. The Morgan fingerprint density at radius 3 is 2.48 bits per heavy atom. The van der Waals surface area contributed by atoms with Gasteiger partial charge in [0.25, 0.3) is 0 Å². The van der Waals surface area contributed by atoms with Gasteiger partial charge in [-0.25, -0.2) is 8.42 Å². The summed E-state index contributed by atoms with van der Waals surface area (Å²) in [4.78, 5) is 14.4. The Hall–Kier alpha value is -1.15. The van der Waals surface area contributed by atoms with Crippen LogP contribution in [0.4, 0.5) is 0 Å². The minimum atomic E-state index is -3.68. The Morgan fingerprint density at radius 2 is 1.96 bits per heavy atom. The molecule has 1 saturated heterocycles. The molecule has 6 nitrogen and oxygen atoms in total. The van der Waals surface area contributed by atoms with Gasteiger partial charge in [-0.15, -0.1) is 12.4 Å². The maximum absolute atomic E-state index is 12.7. The summed E-state index contributed by atoms with van der Waals surface area (Å²) >= 11 is 0. The van der Waals surface area contributed by atoms with Crippen molar-refractivity contribution in [1.29, 1.82) is 0 Å². The monoisotopic (exact) mass is 389 g/mol. The van der Waals surface area contributed by atoms with Gasteiger partial charge in [-0.2, -0.15) is 4.31 Å². The van der Waals surface area contributed by atoms with Crippen LogP contribution >= 0.6 is 12.4 Å². The quantitative estimate of drug-likeness (QED) is 0.827. The van der Waals surface area contributed by atoms with Gasteiger partial charge < -0.3 is 10.6 Å². The average Bonchev–Trinajstić information content (AvgIpc) is 2.93. The predicted octanol–water partition coefficient (Wildman–Crippen LogP) is 1.54. The molecule has 1 aliphatic heterocycles. The smallest absolute Gasteiger partial charge is 0.243 e. The first-order chi connectivity index (χ1) is 11.1. The SMILES string of the molecule is Cc1ccc(S(=O)(=O)N(C)CC(=O)N2CCC(C)(CN)C2)cc1C.Cl. The summed E-state index contributed by atoms with van der Waals surface area (Å²) in [5.41, 5.74) is 7.64. The lowest BCUT2D eigenvalue weighted by Gasteiger charge is -2.24. The zero-order valence-corrected chi connectivity index (χ0v) is 16.9. The van der Waals surface area contributed by atoms with Gasteiger partial charge in [0.15, 0.2) is 0 Å². The molecule has 0 aliphatic carbocycles. The van der Waals surface area contributed by atoms with Crippen LogP contribution in [0, 0.1) is 19.3 Å². The molecule has 0 saturated carbocycles. The average molecular weight is 390 g/mol. The third-order valence-corrected chi connectivity index (χ3v) is 6.75. The standard InChI is InChI=1S/C17H27N3O3S.ClH/c1-13-5-6-15(9-14(13)2)24(22,23)19(4)10-16(21)20-8-7-17(3,11-18)12-20;/h5-6,9H,7-8,10-12,18H2,1-4H3;1H. The number of carbonyl (C=O) groups excluding carboxylic acids is 1. The molecular weight excluding hydrogens is 362 g/mol. The van der Waals surface area contributed by atoms with E-state index in [0.717, 1.165) is 21.9 Å². The fraction of sp³-hybridized carbons (Fsp3) is 0.588. The minimum Gasteiger partial charge on any atom is -0.341 e. The van der Waals surface area contributed by atoms with Crippen molar-refractivity contribution in [2.75, 3.05) is 33.2 Å². The summed E-state index contributed by atoms with van der Waals surface area (Å²) in [5, 5.41) is 0. The maximum atomic E-state index is 12.7. The number of benzene rings is 1. The number of halogens is 1. The van der Waals surface area contributed by atoms with E-state index in [0.29, 0.717) is 19.6 Å². The van der Waals surface area contributed by atoms with Crippen molar-refractivity contribution in [3.8, 4) is 0 Å². The van der Waals surface area contributed by atoms with E-state index in [1.54, 1.807) is 23.1 Å². The number of carbonyl (C=O) groups is 1. The van der Waals surface area contributed by atoms with Gasteiger partial charge in [-0.05, 0) is 55.5 Å². The summed E-state index contributed by atoms with van der Waals surface area (Å²) in [6.07, 6.45) is 0.850. The number of likely N-dealkylation sites (N-methyl/N-ethyl adjacent to an activating group) is 1. The number of rotatable bonds is 5. The molecule has 1 atom stereocenters. The van der Waals surface area contributed by atoms with Gasteiger partial charge in [0.2, 0.25) is 15.9 Å². The Balaban J connectivity index is 0.00000312. The summed E-state index contributed by atoms with van der Waals surface area (Å²) in [7, 11) is -2.23. The van der Waals surface area contributed by atoms with E-state index >= 15 is 0 Å². The van der Waals surface area contributed by atoms with Gasteiger partial charge in [0.05, 0.1) is 11.4 Å². The van der Waals surface area contributed by atoms with Crippen molar-refractivity contribution < 1.29 is 13.2 Å². The first kappa shape index (κ1) is 21.9. The number of aryl methyl sites for hydroxylation is 2. The van der Waals surface area contributed by atoms with Crippen molar-refractivity contribution in [2.24, 2.45) is 11.1 Å². The molecule has 8 heteroatoms. The molecule has 1 heterocycles. The van der Waals surface area contributed by atoms with Crippen LogP contribution in [-0.2, 0) is 14.8 Å². The van der Waals surface area contributed by atoms with Gasteiger partial charge in [0.1, 0.15) is 0 Å².